The van der Waals surface area contributed by atoms with Crippen molar-refractivity contribution in [1.82, 2.24) is 9.80 Å². The molecular weight excluding hydrogens is 186 g/mol. The quantitative estimate of drug-likeness (QED) is 0.748. The van der Waals surface area contributed by atoms with Gasteiger partial charge in [0.15, 0.2) is 0 Å². The van der Waals surface area contributed by atoms with Crippen molar-refractivity contribution < 1.29 is 0 Å². The molecule has 0 bridgehead atoms. The molecule has 2 fully saturated rings. The minimum absolute atomic E-state index is 0.409. The van der Waals surface area contributed by atoms with Gasteiger partial charge in [0, 0.05) is 32.2 Å². The summed E-state index contributed by atoms with van der Waals surface area (Å²) in [5.41, 5.74) is 6.02. The van der Waals surface area contributed by atoms with Crippen LogP contribution in [0.25, 0.3) is 0 Å². The maximum absolute atomic E-state index is 6.02. The molecule has 0 aromatic heterocycles. The number of rotatable bonds is 3. The molecule has 3 heteroatoms. The minimum Gasteiger partial charge on any atom is -0.326 e. The second-order valence-electron chi connectivity index (χ2n) is 5.30. The summed E-state index contributed by atoms with van der Waals surface area (Å²) in [6.07, 6.45) is 4.23. The van der Waals surface area contributed by atoms with E-state index in [0.29, 0.717) is 12.0 Å². The zero-order chi connectivity index (χ0) is 10.7. The summed E-state index contributed by atoms with van der Waals surface area (Å²) in [7, 11) is 0. The molecule has 2 saturated heterocycles. The maximum Gasteiger partial charge on any atom is 0.0206 e. The van der Waals surface area contributed by atoms with Gasteiger partial charge in [0.25, 0.3) is 0 Å². The summed E-state index contributed by atoms with van der Waals surface area (Å²) in [4.78, 5) is 5.14. The number of piperidine rings is 1. The van der Waals surface area contributed by atoms with Crippen LogP contribution in [0.1, 0.15) is 26.2 Å². The van der Waals surface area contributed by atoms with Gasteiger partial charge in [-0.2, -0.15) is 0 Å². The van der Waals surface area contributed by atoms with E-state index in [-0.39, 0.29) is 0 Å². The van der Waals surface area contributed by atoms with Crippen LogP contribution in [0.3, 0.4) is 0 Å². The fourth-order valence-corrected chi connectivity index (χ4v) is 2.74. The van der Waals surface area contributed by atoms with Gasteiger partial charge in [-0.25, -0.2) is 0 Å². The Bertz CT molecular complexity index is 179. The average Bonchev–Trinajstić information content (AvgIpc) is 2.57. The molecule has 2 aliphatic rings. The lowest BCUT2D eigenvalue weighted by atomic mass is 10.1. The number of nitrogens with two attached hydrogens (primary N) is 1. The fraction of sp³-hybridized carbons (Fsp3) is 1.00. The fourth-order valence-electron chi connectivity index (χ4n) is 2.74. The van der Waals surface area contributed by atoms with Crippen LogP contribution in [-0.2, 0) is 0 Å². The standard InChI is InChI=1S/C12H25N3/c1-11-9-15(10-12(11)13)8-7-14-5-3-2-4-6-14/h11-12H,2-10,13H2,1H3. The summed E-state index contributed by atoms with van der Waals surface area (Å²) >= 11 is 0. The van der Waals surface area contributed by atoms with E-state index in [2.05, 4.69) is 16.7 Å². The van der Waals surface area contributed by atoms with Crippen LogP contribution in [0.2, 0.25) is 0 Å². The molecule has 2 heterocycles. The Morgan fingerprint density at radius 1 is 1.00 bits per heavy atom. The van der Waals surface area contributed by atoms with Gasteiger partial charge in [0.1, 0.15) is 0 Å². The van der Waals surface area contributed by atoms with Gasteiger partial charge in [0.05, 0.1) is 0 Å². The molecule has 2 rings (SSSR count). The molecule has 0 amide bonds. The van der Waals surface area contributed by atoms with Crippen LogP contribution in [-0.4, -0.2) is 55.1 Å². The van der Waals surface area contributed by atoms with E-state index in [9.17, 15) is 0 Å². The summed E-state index contributed by atoms with van der Waals surface area (Å²) in [6.45, 7) is 9.68. The molecule has 2 N–H and O–H groups in total. The van der Waals surface area contributed by atoms with Crippen LogP contribution < -0.4 is 5.73 Å². The van der Waals surface area contributed by atoms with Crippen molar-refractivity contribution >= 4 is 0 Å². The highest BCUT2D eigenvalue weighted by atomic mass is 15.2. The Balaban J connectivity index is 1.65. The third kappa shape index (κ3) is 3.16. The van der Waals surface area contributed by atoms with Gasteiger partial charge in [-0.1, -0.05) is 13.3 Å². The first-order valence-corrected chi connectivity index (χ1v) is 6.46. The van der Waals surface area contributed by atoms with E-state index < -0.39 is 0 Å². The molecule has 3 nitrogen and oxygen atoms in total. The van der Waals surface area contributed by atoms with E-state index in [1.165, 1.54) is 52.0 Å². The molecule has 2 atom stereocenters. The van der Waals surface area contributed by atoms with Crippen LogP contribution >= 0.6 is 0 Å². The van der Waals surface area contributed by atoms with Crippen LogP contribution in [0, 0.1) is 5.92 Å². The third-order valence-corrected chi connectivity index (χ3v) is 3.93. The highest BCUT2D eigenvalue weighted by molar-refractivity contribution is 4.84. The van der Waals surface area contributed by atoms with Crippen molar-refractivity contribution in [2.45, 2.75) is 32.2 Å². The highest BCUT2D eigenvalue weighted by Gasteiger charge is 2.26. The molecule has 0 spiro atoms. The van der Waals surface area contributed by atoms with Gasteiger partial charge in [0.2, 0.25) is 0 Å². The van der Waals surface area contributed by atoms with Crippen molar-refractivity contribution in [2.24, 2.45) is 11.7 Å². The summed E-state index contributed by atoms with van der Waals surface area (Å²) in [5, 5.41) is 0. The smallest absolute Gasteiger partial charge is 0.0206 e. The van der Waals surface area contributed by atoms with E-state index >= 15 is 0 Å². The van der Waals surface area contributed by atoms with Crippen molar-refractivity contribution in [3.63, 3.8) is 0 Å². The second kappa shape index (κ2) is 5.28. The normalized spacial score (nSPS) is 34.8. The second-order valence-corrected chi connectivity index (χ2v) is 5.30. The van der Waals surface area contributed by atoms with E-state index in [1.54, 1.807) is 0 Å². The Hall–Kier alpha value is -0.120. The molecular formula is C12H25N3. The number of nitrogens with zero attached hydrogens (tertiary/aromatic N) is 2. The van der Waals surface area contributed by atoms with Gasteiger partial charge in [-0.05, 0) is 31.8 Å². The SMILES string of the molecule is CC1CN(CCN2CCCCC2)CC1N. The number of hydrogen-bond donors (Lipinski definition) is 1. The molecule has 0 saturated carbocycles. The topological polar surface area (TPSA) is 32.5 Å². The molecule has 0 aliphatic carbocycles. The van der Waals surface area contributed by atoms with Crippen LogP contribution in [0.5, 0.6) is 0 Å². The molecule has 15 heavy (non-hydrogen) atoms. The molecule has 2 aliphatic heterocycles. The van der Waals surface area contributed by atoms with Gasteiger partial charge in [-0.3, -0.25) is 0 Å². The molecule has 0 aromatic rings. The van der Waals surface area contributed by atoms with Gasteiger partial charge >= 0.3 is 0 Å². The first kappa shape index (κ1) is 11.4. The van der Waals surface area contributed by atoms with E-state index in [0.717, 1.165) is 6.54 Å². The summed E-state index contributed by atoms with van der Waals surface area (Å²) in [6, 6.07) is 0.409. The van der Waals surface area contributed by atoms with Crippen LogP contribution in [0.4, 0.5) is 0 Å². The van der Waals surface area contributed by atoms with E-state index in [4.69, 9.17) is 5.73 Å². The Kier molecular flexibility index (Phi) is 4.00. The monoisotopic (exact) mass is 211 g/mol. The lowest BCUT2D eigenvalue weighted by Crippen LogP contribution is -2.37. The van der Waals surface area contributed by atoms with Crippen molar-refractivity contribution in [1.29, 1.82) is 0 Å². The first-order chi connectivity index (χ1) is 7.25. The summed E-state index contributed by atoms with van der Waals surface area (Å²) in [5.74, 6) is 0.686. The predicted octanol–water partition coefficient (Wildman–Crippen LogP) is 0.751. The molecule has 88 valence electrons. The van der Waals surface area contributed by atoms with Crippen LogP contribution in [0.15, 0.2) is 0 Å². The summed E-state index contributed by atoms with van der Waals surface area (Å²) < 4.78 is 0. The molecule has 0 radical (unpaired) electrons. The maximum atomic E-state index is 6.02. The zero-order valence-corrected chi connectivity index (χ0v) is 9.99. The largest absolute Gasteiger partial charge is 0.326 e. The van der Waals surface area contributed by atoms with E-state index in [1.807, 2.05) is 0 Å². The van der Waals surface area contributed by atoms with Crippen molar-refractivity contribution in [3.05, 3.63) is 0 Å². The Labute approximate surface area is 93.6 Å². The highest BCUT2D eigenvalue weighted by Crippen LogP contribution is 2.14. The predicted molar refractivity (Wildman–Crippen MR) is 63.9 cm³/mol. The van der Waals surface area contributed by atoms with Gasteiger partial charge in [-0.15, -0.1) is 0 Å². The lowest BCUT2D eigenvalue weighted by Gasteiger charge is -2.28. The van der Waals surface area contributed by atoms with Crippen molar-refractivity contribution in [3.8, 4) is 0 Å². The lowest BCUT2D eigenvalue weighted by molar-refractivity contribution is 0.194. The zero-order valence-electron chi connectivity index (χ0n) is 9.99. The Morgan fingerprint density at radius 3 is 2.27 bits per heavy atom. The first-order valence-electron chi connectivity index (χ1n) is 6.46. The number of likely N-dealkylation sites (tertiary alicyclic amines) is 2. The molecule has 2 unspecified atom stereocenters. The average molecular weight is 211 g/mol. The number of hydrogen-bond acceptors (Lipinski definition) is 3. The van der Waals surface area contributed by atoms with Gasteiger partial charge < -0.3 is 15.5 Å². The third-order valence-electron chi connectivity index (χ3n) is 3.93. The molecule has 0 aromatic carbocycles. The van der Waals surface area contributed by atoms with Crippen molar-refractivity contribution in [2.75, 3.05) is 39.3 Å². The minimum atomic E-state index is 0.409. The Morgan fingerprint density at radius 2 is 1.67 bits per heavy atom.